The number of hydrogen-bond acceptors (Lipinski definition) is 3. The van der Waals surface area contributed by atoms with Crippen LogP contribution in [0.3, 0.4) is 0 Å². The van der Waals surface area contributed by atoms with Crippen molar-refractivity contribution >= 4 is 39.4 Å². The molecule has 0 atom stereocenters. The molecule has 0 bridgehead atoms. The number of carboxylic acid groups (broad SMARTS) is 1. The van der Waals surface area contributed by atoms with Gasteiger partial charge in [-0.1, -0.05) is 15.9 Å². The van der Waals surface area contributed by atoms with Crippen LogP contribution in [0.4, 0.5) is 0 Å². The van der Waals surface area contributed by atoms with E-state index in [9.17, 15) is 9.59 Å². The van der Waals surface area contributed by atoms with Crippen molar-refractivity contribution in [3.8, 4) is 0 Å². The lowest BCUT2D eigenvalue weighted by atomic mass is 10.1. The normalized spacial score (nSPS) is 10.1. The standard InChI is InChI=1S/C11H11BrO3S/c1-16-10-6-7(11(14)15)2-3-8(10)9(13)4-5-12/h2-3,6H,4-5H2,1H3,(H,14,15). The summed E-state index contributed by atoms with van der Waals surface area (Å²) in [6.07, 6.45) is 2.24. The third kappa shape index (κ3) is 3.09. The van der Waals surface area contributed by atoms with Crippen LogP contribution in [0.2, 0.25) is 0 Å². The van der Waals surface area contributed by atoms with E-state index in [4.69, 9.17) is 5.11 Å². The Bertz CT molecular complexity index is 418. The summed E-state index contributed by atoms with van der Waals surface area (Å²) < 4.78 is 0. The Kier molecular flexibility index (Phi) is 5.02. The third-order valence-corrected chi connectivity index (χ3v) is 3.24. The van der Waals surface area contributed by atoms with Crippen LogP contribution in [0.1, 0.15) is 27.1 Å². The van der Waals surface area contributed by atoms with Gasteiger partial charge in [0.2, 0.25) is 0 Å². The van der Waals surface area contributed by atoms with Crippen molar-refractivity contribution in [1.29, 1.82) is 0 Å². The van der Waals surface area contributed by atoms with E-state index in [1.54, 1.807) is 6.07 Å². The molecule has 1 N–H and O–H groups in total. The van der Waals surface area contributed by atoms with E-state index in [0.29, 0.717) is 22.2 Å². The minimum Gasteiger partial charge on any atom is -0.478 e. The number of alkyl halides is 1. The van der Waals surface area contributed by atoms with Gasteiger partial charge in [-0.3, -0.25) is 4.79 Å². The summed E-state index contributed by atoms with van der Waals surface area (Å²) in [6, 6.07) is 4.58. The Morgan fingerprint density at radius 3 is 2.62 bits per heavy atom. The predicted molar refractivity (Wildman–Crippen MR) is 67.9 cm³/mol. The molecule has 1 rings (SSSR count). The number of Topliss-reactive ketones (excluding diaryl/α,β-unsaturated/α-hetero) is 1. The molecular weight excluding hydrogens is 292 g/mol. The zero-order valence-corrected chi connectivity index (χ0v) is 11.1. The lowest BCUT2D eigenvalue weighted by Gasteiger charge is -2.06. The lowest BCUT2D eigenvalue weighted by molar-refractivity contribution is 0.0696. The maximum atomic E-state index is 11.7. The third-order valence-electron chi connectivity index (χ3n) is 2.07. The zero-order chi connectivity index (χ0) is 12.1. The fourth-order valence-corrected chi connectivity index (χ4v) is 2.28. The molecule has 3 nitrogen and oxygen atoms in total. The summed E-state index contributed by atoms with van der Waals surface area (Å²) in [4.78, 5) is 23.2. The lowest BCUT2D eigenvalue weighted by Crippen LogP contribution is -2.04. The number of benzene rings is 1. The SMILES string of the molecule is CSc1cc(C(=O)O)ccc1C(=O)CCBr. The molecule has 0 aliphatic heterocycles. The number of carbonyl (C=O) groups is 2. The Morgan fingerprint density at radius 2 is 2.12 bits per heavy atom. The molecule has 0 unspecified atom stereocenters. The summed E-state index contributed by atoms with van der Waals surface area (Å²) in [5.41, 5.74) is 0.802. The van der Waals surface area contributed by atoms with Gasteiger partial charge in [-0.2, -0.15) is 0 Å². The molecule has 86 valence electrons. The van der Waals surface area contributed by atoms with Crippen molar-refractivity contribution in [2.24, 2.45) is 0 Å². The van der Waals surface area contributed by atoms with E-state index in [1.165, 1.54) is 23.9 Å². The Hall–Kier alpha value is -0.810. The number of rotatable bonds is 5. The predicted octanol–water partition coefficient (Wildman–Crippen LogP) is 3.07. The largest absolute Gasteiger partial charge is 0.478 e. The molecule has 0 saturated heterocycles. The van der Waals surface area contributed by atoms with Crippen molar-refractivity contribution in [3.05, 3.63) is 29.3 Å². The van der Waals surface area contributed by atoms with Gasteiger partial charge in [0.25, 0.3) is 0 Å². The summed E-state index contributed by atoms with van der Waals surface area (Å²) in [7, 11) is 0. The first kappa shape index (κ1) is 13.3. The molecule has 1 aromatic rings. The first-order chi connectivity index (χ1) is 7.60. The highest BCUT2D eigenvalue weighted by molar-refractivity contribution is 9.09. The van der Waals surface area contributed by atoms with E-state index in [2.05, 4.69) is 15.9 Å². The maximum absolute atomic E-state index is 11.7. The van der Waals surface area contributed by atoms with Gasteiger partial charge in [-0.15, -0.1) is 11.8 Å². The number of carboxylic acids is 1. The van der Waals surface area contributed by atoms with Crippen LogP contribution in [0.25, 0.3) is 0 Å². The molecular formula is C11H11BrO3S. The molecule has 0 fully saturated rings. The average Bonchev–Trinajstić information content (AvgIpc) is 2.28. The molecule has 0 heterocycles. The summed E-state index contributed by atoms with van der Waals surface area (Å²) in [6.45, 7) is 0. The van der Waals surface area contributed by atoms with Crippen LogP contribution in [0.5, 0.6) is 0 Å². The highest BCUT2D eigenvalue weighted by Crippen LogP contribution is 2.23. The molecule has 16 heavy (non-hydrogen) atoms. The van der Waals surface area contributed by atoms with Crippen molar-refractivity contribution in [3.63, 3.8) is 0 Å². The van der Waals surface area contributed by atoms with Crippen LogP contribution >= 0.6 is 27.7 Å². The Morgan fingerprint density at radius 1 is 1.44 bits per heavy atom. The van der Waals surface area contributed by atoms with Gasteiger partial charge in [0, 0.05) is 22.2 Å². The summed E-state index contributed by atoms with van der Waals surface area (Å²) in [5, 5.41) is 9.45. The van der Waals surface area contributed by atoms with Gasteiger partial charge in [-0.05, 0) is 24.5 Å². The van der Waals surface area contributed by atoms with Gasteiger partial charge < -0.3 is 5.11 Å². The van der Waals surface area contributed by atoms with Crippen molar-refractivity contribution in [1.82, 2.24) is 0 Å². The molecule has 0 amide bonds. The first-order valence-electron chi connectivity index (χ1n) is 4.60. The summed E-state index contributed by atoms with van der Waals surface area (Å²) >= 11 is 4.59. The van der Waals surface area contributed by atoms with Crippen LogP contribution in [0, 0.1) is 0 Å². The zero-order valence-electron chi connectivity index (χ0n) is 8.70. The number of aromatic carboxylic acids is 1. The molecule has 0 aromatic heterocycles. The average molecular weight is 303 g/mol. The van der Waals surface area contributed by atoms with E-state index in [0.717, 1.165) is 0 Å². The molecule has 0 aliphatic rings. The number of hydrogen-bond donors (Lipinski definition) is 1. The van der Waals surface area contributed by atoms with Crippen LogP contribution in [-0.4, -0.2) is 28.4 Å². The Balaban J connectivity index is 3.11. The quantitative estimate of drug-likeness (QED) is 0.516. The highest BCUT2D eigenvalue weighted by Gasteiger charge is 2.13. The van der Waals surface area contributed by atoms with Crippen LogP contribution < -0.4 is 0 Å². The minimum atomic E-state index is -0.977. The van der Waals surface area contributed by atoms with E-state index < -0.39 is 5.97 Å². The van der Waals surface area contributed by atoms with Gasteiger partial charge >= 0.3 is 5.97 Å². The number of carbonyl (C=O) groups excluding carboxylic acids is 1. The second-order valence-electron chi connectivity index (χ2n) is 3.08. The smallest absolute Gasteiger partial charge is 0.335 e. The number of ketones is 1. The van der Waals surface area contributed by atoms with E-state index >= 15 is 0 Å². The van der Waals surface area contributed by atoms with E-state index in [-0.39, 0.29) is 11.3 Å². The number of halogens is 1. The van der Waals surface area contributed by atoms with Crippen molar-refractivity contribution < 1.29 is 14.7 Å². The fraction of sp³-hybridized carbons (Fsp3) is 0.273. The Labute approximate surface area is 106 Å². The van der Waals surface area contributed by atoms with Crippen molar-refractivity contribution in [2.75, 3.05) is 11.6 Å². The van der Waals surface area contributed by atoms with Crippen molar-refractivity contribution in [2.45, 2.75) is 11.3 Å². The maximum Gasteiger partial charge on any atom is 0.335 e. The first-order valence-corrected chi connectivity index (χ1v) is 6.95. The number of thioether (sulfide) groups is 1. The monoisotopic (exact) mass is 302 g/mol. The molecule has 1 aromatic carbocycles. The molecule has 0 radical (unpaired) electrons. The highest BCUT2D eigenvalue weighted by atomic mass is 79.9. The molecule has 0 spiro atoms. The van der Waals surface area contributed by atoms with Gasteiger partial charge in [0.15, 0.2) is 5.78 Å². The topological polar surface area (TPSA) is 54.4 Å². The fourth-order valence-electron chi connectivity index (χ4n) is 1.28. The van der Waals surface area contributed by atoms with Gasteiger partial charge in [0.1, 0.15) is 0 Å². The molecule has 5 heteroatoms. The second-order valence-corrected chi connectivity index (χ2v) is 4.72. The van der Waals surface area contributed by atoms with Gasteiger partial charge in [0.05, 0.1) is 5.56 Å². The molecule has 0 aliphatic carbocycles. The van der Waals surface area contributed by atoms with E-state index in [1.807, 2.05) is 6.26 Å². The van der Waals surface area contributed by atoms with Gasteiger partial charge in [-0.25, -0.2) is 4.79 Å². The molecule has 0 saturated carbocycles. The second kappa shape index (κ2) is 6.06. The summed E-state index contributed by atoms with van der Waals surface area (Å²) in [5.74, 6) is -0.951. The van der Waals surface area contributed by atoms with Crippen LogP contribution in [-0.2, 0) is 0 Å². The van der Waals surface area contributed by atoms with Crippen LogP contribution in [0.15, 0.2) is 23.1 Å². The minimum absolute atomic E-state index is 0.0261.